The maximum Gasteiger partial charge on any atom is 0.170 e. The maximum atomic E-state index is 11.0. The molecule has 0 unspecified atom stereocenters. The predicted molar refractivity (Wildman–Crippen MR) is 63.6 cm³/mol. The zero-order valence-corrected chi connectivity index (χ0v) is 9.69. The van der Waals surface area contributed by atoms with Crippen LogP contribution in [0.15, 0.2) is 29.8 Å². The Balaban J connectivity index is 0.00000106. The van der Waals surface area contributed by atoms with Crippen LogP contribution in [0.3, 0.4) is 0 Å². The Morgan fingerprint density at radius 2 is 1.81 bits per heavy atom. The molecule has 0 aliphatic heterocycles. The molecule has 0 fully saturated rings. The highest BCUT2D eigenvalue weighted by Gasteiger charge is 2.01. The molecule has 0 bridgehead atoms. The summed E-state index contributed by atoms with van der Waals surface area (Å²) >= 11 is 0. The van der Waals surface area contributed by atoms with E-state index in [1.54, 1.807) is 6.08 Å². The molecule has 1 aromatic rings. The molecule has 0 atom stereocenters. The predicted octanol–water partition coefficient (Wildman–Crippen LogP) is 2.10. The molecule has 16 heavy (non-hydrogen) atoms. The number of Topliss-reactive ketones (excluding diaryl/α,β-unsaturated/α-hetero) is 1. The first-order valence-electron chi connectivity index (χ1n) is 4.77. The normalized spacial score (nSPS) is 9.81. The van der Waals surface area contributed by atoms with Crippen LogP contribution in [-0.2, 0) is 4.79 Å². The molecular weight excluding hydrogens is 202 g/mol. The molecular formula is C13H15NO2. The topological polar surface area (TPSA) is 61.1 Å². The highest BCUT2D eigenvalue weighted by Crippen LogP contribution is 2.08. The first kappa shape index (κ1) is 14.1. The number of nitrogens with zero attached hydrogens (tertiary/aromatic N) is 1. The molecule has 0 spiro atoms. The summed E-state index contributed by atoms with van der Waals surface area (Å²) in [6.07, 6.45) is 1.60. The van der Waals surface area contributed by atoms with Crippen LogP contribution in [0.4, 0.5) is 0 Å². The lowest BCUT2D eigenvalue weighted by molar-refractivity contribution is -0.113. The van der Waals surface area contributed by atoms with Crippen LogP contribution in [0, 0.1) is 18.3 Å². The van der Waals surface area contributed by atoms with E-state index in [4.69, 9.17) is 10.4 Å². The zero-order chi connectivity index (χ0) is 12.6. The first-order valence-corrected chi connectivity index (χ1v) is 4.77. The van der Waals surface area contributed by atoms with Gasteiger partial charge in [-0.1, -0.05) is 29.8 Å². The van der Waals surface area contributed by atoms with Gasteiger partial charge in [-0.25, -0.2) is 0 Å². The number of hydrogen-bond acceptors (Lipinski definition) is 3. The highest BCUT2D eigenvalue weighted by atomic mass is 16.2. The summed E-state index contributed by atoms with van der Waals surface area (Å²) in [5, 5.41) is 15.7. The molecule has 0 saturated carbocycles. The summed E-state index contributed by atoms with van der Waals surface area (Å²) in [5.74, 6) is -0.201. The molecule has 0 aliphatic carbocycles. The van der Waals surface area contributed by atoms with E-state index in [9.17, 15) is 4.79 Å². The van der Waals surface area contributed by atoms with Crippen LogP contribution in [0.5, 0.6) is 0 Å². The minimum Gasteiger partial charge on any atom is -0.400 e. The number of aryl methyl sites for hydroxylation is 1. The molecule has 0 heterocycles. The van der Waals surface area contributed by atoms with Crippen LogP contribution in [0.2, 0.25) is 0 Å². The number of benzene rings is 1. The van der Waals surface area contributed by atoms with Crippen molar-refractivity contribution in [2.45, 2.75) is 13.8 Å². The number of carbonyl (C=O) groups excluding carboxylic acids is 1. The molecule has 0 radical (unpaired) electrons. The van der Waals surface area contributed by atoms with Gasteiger partial charge in [-0.3, -0.25) is 4.79 Å². The van der Waals surface area contributed by atoms with Crippen molar-refractivity contribution in [3.8, 4) is 6.07 Å². The van der Waals surface area contributed by atoms with E-state index in [1.807, 2.05) is 37.3 Å². The Hall–Kier alpha value is -1.92. The SMILES string of the molecule is CC(=O)/C(C#N)=C/c1ccc(C)cc1.CO. The average molecular weight is 217 g/mol. The number of rotatable bonds is 2. The average Bonchev–Trinajstić information content (AvgIpc) is 2.30. The van der Waals surface area contributed by atoms with Crippen molar-refractivity contribution in [3.05, 3.63) is 41.0 Å². The third-order valence-corrected chi connectivity index (χ3v) is 1.89. The maximum absolute atomic E-state index is 11.0. The van der Waals surface area contributed by atoms with Gasteiger partial charge in [-0.05, 0) is 25.5 Å². The van der Waals surface area contributed by atoms with Gasteiger partial charge >= 0.3 is 0 Å². The van der Waals surface area contributed by atoms with Crippen molar-refractivity contribution in [2.75, 3.05) is 7.11 Å². The zero-order valence-electron chi connectivity index (χ0n) is 9.69. The lowest BCUT2D eigenvalue weighted by atomic mass is 10.1. The van der Waals surface area contributed by atoms with Crippen LogP contribution in [-0.4, -0.2) is 18.0 Å². The number of carbonyl (C=O) groups is 1. The quantitative estimate of drug-likeness (QED) is 0.609. The van der Waals surface area contributed by atoms with Crippen molar-refractivity contribution in [1.29, 1.82) is 5.26 Å². The monoisotopic (exact) mass is 217 g/mol. The van der Waals surface area contributed by atoms with Crippen LogP contribution >= 0.6 is 0 Å². The second-order valence-electron chi connectivity index (χ2n) is 3.14. The Bertz CT molecular complexity index is 411. The van der Waals surface area contributed by atoms with E-state index in [-0.39, 0.29) is 11.4 Å². The molecule has 0 aromatic heterocycles. The minimum absolute atomic E-state index is 0.189. The minimum atomic E-state index is -0.201. The Labute approximate surface area is 95.7 Å². The molecule has 0 aliphatic rings. The van der Waals surface area contributed by atoms with Crippen molar-refractivity contribution in [1.82, 2.24) is 0 Å². The van der Waals surface area contributed by atoms with Gasteiger partial charge in [0.1, 0.15) is 6.07 Å². The van der Waals surface area contributed by atoms with Gasteiger partial charge < -0.3 is 5.11 Å². The third kappa shape index (κ3) is 4.54. The molecule has 1 rings (SSSR count). The van der Waals surface area contributed by atoms with Crippen molar-refractivity contribution in [3.63, 3.8) is 0 Å². The van der Waals surface area contributed by atoms with E-state index in [0.29, 0.717) is 0 Å². The van der Waals surface area contributed by atoms with Crippen LogP contribution < -0.4 is 0 Å². The van der Waals surface area contributed by atoms with E-state index in [2.05, 4.69) is 0 Å². The number of aliphatic hydroxyl groups is 1. The number of ketones is 1. The van der Waals surface area contributed by atoms with Gasteiger partial charge in [0.2, 0.25) is 0 Å². The van der Waals surface area contributed by atoms with Gasteiger partial charge in [0, 0.05) is 7.11 Å². The number of hydrogen-bond donors (Lipinski definition) is 1. The molecule has 0 saturated heterocycles. The van der Waals surface area contributed by atoms with Crippen LogP contribution in [0.25, 0.3) is 6.08 Å². The summed E-state index contributed by atoms with van der Waals surface area (Å²) in [7, 11) is 1.00. The van der Waals surface area contributed by atoms with Crippen molar-refractivity contribution < 1.29 is 9.90 Å². The number of allylic oxidation sites excluding steroid dienone is 1. The molecule has 0 amide bonds. The van der Waals surface area contributed by atoms with Gasteiger partial charge in [0.05, 0.1) is 5.57 Å². The Morgan fingerprint density at radius 1 is 1.31 bits per heavy atom. The van der Waals surface area contributed by atoms with Crippen LogP contribution in [0.1, 0.15) is 18.1 Å². The van der Waals surface area contributed by atoms with E-state index in [0.717, 1.165) is 18.2 Å². The summed E-state index contributed by atoms with van der Waals surface area (Å²) in [6.45, 7) is 3.38. The second kappa shape index (κ2) is 7.38. The second-order valence-corrected chi connectivity index (χ2v) is 3.14. The molecule has 1 N–H and O–H groups in total. The van der Waals surface area contributed by atoms with E-state index in [1.165, 1.54) is 6.92 Å². The molecule has 84 valence electrons. The number of nitriles is 1. The fraction of sp³-hybridized carbons (Fsp3) is 0.231. The standard InChI is InChI=1S/C12H11NO.CH4O/c1-9-3-5-11(6-4-9)7-12(8-13)10(2)14;1-2/h3-7H,1-2H3;2H,1H3/b12-7+;. The molecule has 3 nitrogen and oxygen atoms in total. The lowest BCUT2D eigenvalue weighted by Crippen LogP contribution is -1.92. The van der Waals surface area contributed by atoms with Gasteiger partial charge in [0.15, 0.2) is 5.78 Å². The third-order valence-electron chi connectivity index (χ3n) is 1.89. The summed E-state index contributed by atoms with van der Waals surface area (Å²) in [5.41, 5.74) is 2.22. The van der Waals surface area contributed by atoms with E-state index < -0.39 is 0 Å². The lowest BCUT2D eigenvalue weighted by Gasteiger charge is -1.95. The summed E-state index contributed by atoms with van der Waals surface area (Å²) in [6, 6.07) is 9.54. The molecule has 1 aromatic carbocycles. The number of aliphatic hydroxyl groups excluding tert-OH is 1. The fourth-order valence-electron chi connectivity index (χ4n) is 1.04. The first-order chi connectivity index (χ1) is 7.63. The van der Waals surface area contributed by atoms with Gasteiger partial charge in [-0.15, -0.1) is 0 Å². The Kier molecular flexibility index (Phi) is 6.50. The highest BCUT2D eigenvalue weighted by molar-refractivity contribution is 6.01. The van der Waals surface area contributed by atoms with Crippen molar-refractivity contribution in [2.24, 2.45) is 0 Å². The fourth-order valence-corrected chi connectivity index (χ4v) is 1.04. The summed E-state index contributed by atoms with van der Waals surface area (Å²) in [4.78, 5) is 11.0. The molecule has 3 heteroatoms. The largest absolute Gasteiger partial charge is 0.400 e. The van der Waals surface area contributed by atoms with Gasteiger partial charge in [0.25, 0.3) is 0 Å². The summed E-state index contributed by atoms with van der Waals surface area (Å²) < 4.78 is 0. The Morgan fingerprint density at radius 3 is 2.19 bits per heavy atom. The smallest absolute Gasteiger partial charge is 0.170 e. The van der Waals surface area contributed by atoms with Gasteiger partial charge in [-0.2, -0.15) is 5.26 Å². The van der Waals surface area contributed by atoms with Crippen molar-refractivity contribution >= 4 is 11.9 Å². The van der Waals surface area contributed by atoms with E-state index >= 15 is 0 Å².